The van der Waals surface area contributed by atoms with Crippen LogP contribution in [0.25, 0.3) is 0 Å². The highest BCUT2D eigenvalue weighted by molar-refractivity contribution is 7.80. The zero-order valence-electron chi connectivity index (χ0n) is 7.45. The first-order valence-corrected chi connectivity index (χ1v) is 4.81. The van der Waals surface area contributed by atoms with E-state index in [1.807, 2.05) is 0 Å². The average Bonchev–Trinajstić information content (AvgIpc) is 1.97. The first kappa shape index (κ1) is 11.3. The van der Waals surface area contributed by atoms with Gasteiger partial charge in [0, 0.05) is 12.6 Å². The summed E-state index contributed by atoms with van der Waals surface area (Å²) in [4.78, 5) is 2.26. The largest absolute Gasteiger partial charge is 0.395 e. The maximum atomic E-state index is 8.72. The standard InChI is InChI=1S/C8H19NOS/c1-8(2)9(5-6-10)4-3-7-11/h8,10-11H,3-7H2,1-2H3. The summed E-state index contributed by atoms with van der Waals surface area (Å²) in [6.07, 6.45) is 1.10. The van der Waals surface area contributed by atoms with E-state index in [0.717, 1.165) is 25.3 Å². The molecule has 68 valence electrons. The Morgan fingerprint density at radius 3 is 2.36 bits per heavy atom. The second-order valence-corrected chi connectivity index (χ2v) is 3.38. The van der Waals surface area contributed by atoms with Crippen molar-refractivity contribution >= 4 is 12.6 Å². The van der Waals surface area contributed by atoms with Gasteiger partial charge >= 0.3 is 0 Å². The Labute approximate surface area is 75.0 Å². The molecule has 0 fully saturated rings. The molecule has 0 aromatic rings. The molecule has 0 unspecified atom stereocenters. The Hall–Kier alpha value is 0.270. The van der Waals surface area contributed by atoms with Gasteiger partial charge in [-0.05, 0) is 32.6 Å². The molecule has 2 nitrogen and oxygen atoms in total. The summed E-state index contributed by atoms with van der Waals surface area (Å²) in [6.45, 7) is 6.38. The van der Waals surface area contributed by atoms with Crippen LogP contribution < -0.4 is 0 Å². The molecule has 0 amide bonds. The van der Waals surface area contributed by atoms with Gasteiger partial charge in [0.15, 0.2) is 0 Å². The molecule has 0 aromatic heterocycles. The third kappa shape index (κ3) is 5.53. The van der Waals surface area contributed by atoms with E-state index in [2.05, 4.69) is 31.4 Å². The van der Waals surface area contributed by atoms with Crippen molar-refractivity contribution in [2.24, 2.45) is 0 Å². The van der Waals surface area contributed by atoms with Crippen LogP contribution in [0.3, 0.4) is 0 Å². The summed E-state index contributed by atoms with van der Waals surface area (Å²) < 4.78 is 0. The van der Waals surface area contributed by atoms with Gasteiger partial charge in [0.2, 0.25) is 0 Å². The molecule has 0 aliphatic carbocycles. The lowest BCUT2D eigenvalue weighted by atomic mass is 10.3. The Balaban J connectivity index is 3.51. The Morgan fingerprint density at radius 1 is 1.36 bits per heavy atom. The number of nitrogens with zero attached hydrogens (tertiary/aromatic N) is 1. The van der Waals surface area contributed by atoms with Crippen LogP contribution in [0.15, 0.2) is 0 Å². The number of hydrogen-bond donors (Lipinski definition) is 2. The number of aliphatic hydroxyl groups is 1. The van der Waals surface area contributed by atoms with E-state index in [0.29, 0.717) is 6.04 Å². The van der Waals surface area contributed by atoms with Crippen molar-refractivity contribution in [1.29, 1.82) is 0 Å². The van der Waals surface area contributed by atoms with Gasteiger partial charge in [0.25, 0.3) is 0 Å². The van der Waals surface area contributed by atoms with Crippen LogP contribution in [0, 0.1) is 0 Å². The van der Waals surface area contributed by atoms with Crippen LogP contribution in [-0.2, 0) is 0 Å². The Morgan fingerprint density at radius 2 is 2.00 bits per heavy atom. The minimum absolute atomic E-state index is 0.255. The highest BCUT2D eigenvalue weighted by atomic mass is 32.1. The topological polar surface area (TPSA) is 23.5 Å². The van der Waals surface area contributed by atoms with Gasteiger partial charge < -0.3 is 5.11 Å². The molecule has 11 heavy (non-hydrogen) atoms. The van der Waals surface area contributed by atoms with Gasteiger partial charge in [-0.25, -0.2) is 0 Å². The zero-order chi connectivity index (χ0) is 8.69. The molecule has 0 atom stereocenters. The number of aliphatic hydroxyl groups excluding tert-OH is 1. The van der Waals surface area contributed by atoms with Crippen molar-refractivity contribution in [2.45, 2.75) is 26.3 Å². The predicted octanol–water partition coefficient (Wildman–Crippen LogP) is 1.01. The molecule has 0 aromatic carbocycles. The highest BCUT2D eigenvalue weighted by Gasteiger charge is 2.06. The van der Waals surface area contributed by atoms with Crippen LogP contribution >= 0.6 is 12.6 Å². The third-order valence-corrected chi connectivity index (χ3v) is 2.04. The maximum absolute atomic E-state index is 8.72. The highest BCUT2D eigenvalue weighted by Crippen LogP contribution is 1.99. The average molecular weight is 177 g/mol. The van der Waals surface area contributed by atoms with Crippen molar-refractivity contribution in [1.82, 2.24) is 4.90 Å². The van der Waals surface area contributed by atoms with Gasteiger partial charge in [-0.15, -0.1) is 0 Å². The third-order valence-electron chi connectivity index (χ3n) is 1.72. The van der Waals surface area contributed by atoms with E-state index in [-0.39, 0.29) is 6.61 Å². The van der Waals surface area contributed by atoms with E-state index >= 15 is 0 Å². The molecule has 0 radical (unpaired) electrons. The van der Waals surface area contributed by atoms with Crippen LogP contribution in [0.1, 0.15) is 20.3 Å². The molecular weight excluding hydrogens is 158 g/mol. The monoisotopic (exact) mass is 177 g/mol. The number of rotatable bonds is 6. The summed E-state index contributed by atoms with van der Waals surface area (Å²) in [5.41, 5.74) is 0. The lowest BCUT2D eigenvalue weighted by Gasteiger charge is -2.24. The van der Waals surface area contributed by atoms with E-state index in [9.17, 15) is 0 Å². The lowest BCUT2D eigenvalue weighted by Crippen LogP contribution is -2.34. The molecule has 0 heterocycles. The second kappa shape index (κ2) is 6.95. The molecule has 0 saturated heterocycles. The molecule has 3 heteroatoms. The van der Waals surface area contributed by atoms with E-state index in [4.69, 9.17) is 5.11 Å². The molecule has 0 saturated carbocycles. The summed E-state index contributed by atoms with van der Waals surface area (Å²) in [6, 6.07) is 0.530. The Kier molecular flexibility index (Phi) is 7.12. The summed E-state index contributed by atoms with van der Waals surface area (Å²) >= 11 is 4.14. The molecule has 0 aliphatic heterocycles. The van der Waals surface area contributed by atoms with Gasteiger partial charge in [-0.3, -0.25) is 4.90 Å². The van der Waals surface area contributed by atoms with E-state index in [1.54, 1.807) is 0 Å². The van der Waals surface area contributed by atoms with Crippen LogP contribution in [-0.4, -0.2) is 41.5 Å². The van der Waals surface area contributed by atoms with Crippen molar-refractivity contribution in [2.75, 3.05) is 25.4 Å². The van der Waals surface area contributed by atoms with Crippen molar-refractivity contribution < 1.29 is 5.11 Å². The Bertz CT molecular complexity index is 88.2. The number of thiol groups is 1. The summed E-state index contributed by atoms with van der Waals surface area (Å²) in [7, 11) is 0. The van der Waals surface area contributed by atoms with Crippen molar-refractivity contribution in [3.8, 4) is 0 Å². The van der Waals surface area contributed by atoms with Gasteiger partial charge in [-0.2, -0.15) is 12.6 Å². The fourth-order valence-electron chi connectivity index (χ4n) is 1.03. The normalized spacial score (nSPS) is 11.5. The SMILES string of the molecule is CC(C)N(CCO)CCCS. The fourth-order valence-corrected chi connectivity index (χ4v) is 1.17. The molecule has 1 N–H and O–H groups in total. The smallest absolute Gasteiger partial charge is 0.0558 e. The minimum atomic E-state index is 0.255. The van der Waals surface area contributed by atoms with Gasteiger partial charge in [0.1, 0.15) is 0 Å². The lowest BCUT2D eigenvalue weighted by molar-refractivity contribution is 0.166. The molecular formula is C8H19NOS. The van der Waals surface area contributed by atoms with E-state index < -0.39 is 0 Å². The predicted molar refractivity (Wildman–Crippen MR) is 52.3 cm³/mol. The van der Waals surface area contributed by atoms with Crippen LogP contribution in [0.2, 0.25) is 0 Å². The maximum Gasteiger partial charge on any atom is 0.0558 e. The number of hydrogen-bond acceptors (Lipinski definition) is 3. The minimum Gasteiger partial charge on any atom is -0.395 e. The first-order chi connectivity index (χ1) is 5.22. The molecule has 0 bridgehead atoms. The van der Waals surface area contributed by atoms with Crippen molar-refractivity contribution in [3.63, 3.8) is 0 Å². The molecule has 0 spiro atoms. The molecule has 0 rings (SSSR count). The van der Waals surface area contributed by atoms with Crippen molar-refractivity contribution in [3.05, 3.63) is 0 Å². The first-order valence-electron chi connectivity index (χ1n) is 4.18. The van der Waals surface area contributed by atoms with Crippen LogP contribution in [0.4, 0.5) is 0 Å². The van der Waals surface area contributed by atoms with E-state index in [1.165, 1.54) is 0 Å². The quantitative estimate of drug-likeness (QED) is 0.592. The molecule has 0 aliphatic rings. The van der Waals surface area contributed by atoms with Crippen LogP contribution in [0.5, 0.6) is 0 Å². The zero-order valence-corrected chi connectivity index (χ0v) is 8.35. The van der Waals surface area contributed by atoms with Gasteiger partial charge in [0.05, 0.1) is 6.61 Å². The second-order valence-electron chi connectivity index (χ2n) is 2.93. The summed E-state index contributed by atoms with van der Waals surface area (Å²) in [5.74, 6) is 0.925. The fraction of sp³-hybridized carbons (Fsp3) is 1.00. The van der Waals surface area contributed by atoms with Gasteiger partial charge in [-0.1, -0.05) is 0 Å². The summed E-state index contributed by atoms with van der Waals surface area (Å²) in [5, 5.41) is 8.72.